The monoisotopic (exact) mass is 358 g/mol. The number of alkyl carbamates (subject to hydrolysis) is 1. The number of amides is 1. The van der Waals surface area contributed by atoms with E-state index < -0.39 is 5.60 Å². The maximum atomic E-state index is 12.5. The molecule has 1 aromatic carbocycles. The van der Waals surface area contributed by atoms with Crippen molar-refractivity contribution in [2.24, 2.45) is 0 Å². The van der Waals surface area contributed by atoms with Crippen molar-refractivity contribution in [3.05, 3.63) is 40.5 Å². The summed E-state index contributed by atoms with van der Waals surface area (Å²) in [4.78, 5) is 14.9. The molecule has 26 heavy (non-hydrogen) atoms. The summed E-state index contributed by atoms with van der Waals surface area (Å²) in [5, 5.41) is 3.13. The van der Waals surface area contributed by atoms with Gasteiger partial charge in [-0.1, -0.05) is 24.3 Å². The normalized spacial score (nSPS) is 23.4. The lowest BCUT2D eigenvalue weighted by molar-refractivity contribution is 0.0145. The smallest absolute Gasteiger partial charge is 0.408 e. The van der Waals surface area contributed by atoms with Crippen LogP contribution in [-0.2, 0) is 9.47 Å². The molecule has 5 nitrogen and oxygen atoms in total. The van der Waals surface area contributed by atoms with Gasteiger partial charge in [-0.05, 0) is 56.9 Å². The van der Waals surface area contributed by atoms with Crippen molar-refractivity contribution in [2.45, 2.75) is 52.3 Å². The molecule has 0 aromatic heterocycles. The molecule has 1 amide bonds. The highest BCUT2D eigenvalue weighted by Gasteiger charge is 2.34. The summed E-state index contributed by atoms with van der Waals surface area (Å²) < 4.78 is 11.0. The number of hydrogen-bond acceptors (Lipinski definition) is 4. The van der Waals surface area contributed by atoms with Crippen LogP contribution in [0.4, 0.5) is 4.79 Å². The van der Waals surface area contributed by atoms with Crippen molar-refractivity contribution in [1.29, 1.82) is 0 Å². The molecule has 0 bridgehead atoms. The number of nitrogens with one attached hydrogen (secondary N) is 1. The van der Waals surface area contributed by atoms with Crippen molar-refractivity contribution >= 4 is 12.2 Å². The number of morpholine rings is 1. The first-order valence-electron chi connectivity index (χ1n) is 9.35. The minimum atomic E-state index is -0.519. The second kappa shape index (κ2) is 7.41. The Morgan fingerprint density at radius 3 is 2.50 bits per heavy atom. The van der Waals surface area contributed by atoms with Crippen molar-refractivity contribution in [1.82, 2.24) is 10.2 Å². The van der Waals surface area contributed by atoms with Crippen LogP contribution < -0.4 is 5.32 Å². The molecule has 0 unspecified atom stereocenters. The van der Waals surface area contributed by atoms with Gasteiger partial charge in [0.05, 0.1) is 25.3 Å². The third kappa shape index (κ3) is 4.27. The molecule has 1 aromatic rings. The summed E-state index contributed by atoms with van der Waals surface area (Å²) in [6.07, 6.45) is 4.00. The van der Waals surface area contributed by atoms with Crippen LogP contribution >= 0.6 is 0 Å². The molecular formula is C21H30N2O3. The maximum absolute atomic E-state index is 12.5. The number of hydrogen-bond donors (Lipinski definition) is 1. The van der Waals surface area contributed by atoms with E-state index in [4.69, 9.17) is 9.47 Å². The van der Waals surface area contributed by atoms with Crippen LogP contribution in [-0.4, -0.2) is 48.9 Å². The molecule has 1 N–H and O–H groups in total. The van der Waals surface area contributed by atoms with Crippen LogP contribution in [0.3, 0.4) is 0 Å². The van der Waals surface area contributed by atoms with Gasteiger partial charge in [-0.15, -0.1) is 0 Å². The molecule has 1 heterocycles. The van der Waals surface area contributed by atoms with Crippen molar-refractivity contribution in [3.8, 4) is 0 Å². The Morgan fingerprint density at radius 1 is 1.19 bits per heavy atom. The summed E-state index contributed by atoms with van der Waals surface area (Å²) in [7, 11) is 0. The number of aryl methyl sites for hydroxylation is 2. The molecule has 142 valence electrons. The fourth-order valence-corrected chi connectivity index (χ4v) is 3.58. The highest BCUT2D eigenvalue weighted by atomic mass is 16.6. The molecule has 2 atom stereocenters. The van der Waals surface area contributed by atoms with Crippen molar-refractivity contribution in [2.75, 3.05) is 26.3 Å². The van der Waals surface area contributed by atoms with E-state index in [9.17, 15) is 4.79 Å². The Morgan fingerprint density at radius 2 is 1.85 bits per heavy atom. The highest BCUT2D eigenvalue weighted by molar-refractivity contribution is 5.70. The maximum Gasteiger partial charge on any atom is 0.408 e. The molecule has 3 rings (SSSR count). The SMILES string of the molecule is Cc1cc2c(cc1C)[C@H](NC(=O)OC(C)(C)C)[C@@H](N1CCOCC1)C=C2. The number of benzene rings is 1. The first-order chi connectivity index (χ1) is 12.2. The Bertz CT molecular complexity index is 700. The molecule has 1 aliphatic carbocycles. The zero-order valence-electron chi connectivity index (χ0n) is 16.5. The lowest BCUT2D eigenvalue weighted by atomic mass is 9.86. The molecule has 1 saturated heterocycles. The van der Waals surface area contributed by atoms with Crippen LogP contribution in [0, 0.1) is 13.8 Å². The van der Waals surface area contributed by atoms with Gasteiger partial charge in [0.2, 0.25) is 0 Å². The van der Waals surface area contributed by atoms with Gasteiger partial charge < -0.3 is 14.8 Å². The fourth-order valence-electron chi connectivity index (χ4n) is 3.58. The number of fused-ring (bicyclic) bond motifs is 1. The molecular weight excluding hydrogens is 328 g/mol. The van der Waals surface area contributed by atoms with Crippen molar-refractivity contribution in [3.63, 3.8) is 0 Å². The summed E-state index contributed by atoms with van der Waals surface area (Å²) in [6, 6.07) is 4.35. The fraction of sp³-hybridized carbons (Fsp3) is 0.571. The van der Waals surface area contributed by atoms with E-state index in [2.05, 4.69) is 48.3 Å². The average molecular weight is 358 g/mol. The van der Waals surface area contributed by atoms with Gasteiger partial charge >= 0.3 is 6.09 Å². The summed E-state index contributed by atoms with van der Waals surface area (Å²) in [6.45, 7) is 13.1. The Kier molecular flexibility index (Phi) is 5.39. The first kappa shape index (κ1) is 18.9. The predicted molar refractivity (Wildman–Crippen MR) is 103 cm³/mol. The average Bonchev–Trinajstić information content (AvgIpc) is 2.56. The molecule has 0 radical (unpaired) electrons. The van der Waals surface area contributed by atoms with Gasteiger partial charge in [0.15, 0.2) is 0 Å². The van der Waals surface area contributed by atoms with Crippen molar-refractivity contribution < 1.29 is 14.3 Å². The minimum Gasteiger partial charge on any atom is -0.444 e. The largest absolute Gasteiger partial charge is 0.444 e. The van der Waals surface area contributed by atoms with Crippen LogP contribution in [0.25, 0.3) is 6.08 Å². The quantitative estimate of drug-likeness (QED) is 0.878. The van der Waals surface area contributed by atoms with Gasteiger partial charge in [-0.3, -0.25) is 4.90 Å². The Hall–Kier alpha value is -1.85. The summed E-state index contributed by atoms with van der Waals surface area (Å²) in [5.74, 6) is 0. The predicted octanol–water partition coefficient (Wildman–Crippen LogP) is 3.60. The Balaban J connectivity index is 1.91. The Labute approximate surface area is 156 Å². The summed E-state index contributed by atoms with van der Waals surface area (Å²) in [5.41, 5.74) is 4.29. The van der Waals surface area contributed by atoms with E-state index in [0.29, 0.717) is 0 Å². The van der Waals surface area contributed by atoms with Crippen LogP contribution in [0.5, 0.6) is 0 Å². The third-order valence-corrected chi connectivity index (χ3v) is 4.99. The lowest BCUT2D eigenvalue weighted by Crippen LogP contribution is -2.51. The van der Waals surface area contributed by atoms with E-state index >= 15 is 0 Å². The second-order valence-electron chi connectivity index (χ2n) is 8.19. The van der Waals surface area contributed by atoms with E-state index in [1.165, 1.54) is 16.7 Å². The number of nitrogens with zero attached hydrogens (tertiary/aromatic N) is 1. The van der Waals surface area contributed by atoms with E-state index in [-0.39, 0.29) is 18.2 Å². The van der Waals surface area contributed by atoms with E-state index in [1.54, 1.807) is 0 Å². The second-order valence-corrected chi connectivity index (χ2v) is 8.19. The van der Waals surface area contributed by atoms with E-state index in [1.807, 2.05) is 20.8 Å². The number of carbonyl (C=O) groups excluding carboxylic acids is 1. The zero-order chi connectivity index (χ0) is 18.9. The molecule has 5 heteroatoms. The molecule has 1 fully saturated rings. The van der Waals surface area contributed by atoms with E-state index in [0.717, 1.165) is 31.9 Å². The first-order valence-corrected chi connectivity index (χ1v) is 9.35. The lowest BCUT2D eigenvalue weighted by Gasteiger charge is -2.40. The van der Waals surface area contributed by atoms with Gasteiger partial charge in [0, 0.05) is 13.1 Å². The number of rotatable bonds is 2. The topological polar surface area (TPSA) is 50.8 Å². The molecule has 0 spiro atoms. The highest BCUT2D eigenvalue weighted by Crippen LogP contribution is 2.33. The van der Waals surface area contributed by atoms with Crippen LogP contribution in [0.1, 0.15) is 49.1 Å². The number of ether oxygens (including phenoxy) is 2. The standard InChI is InChI=1S/C21H30N2O3/c1-14-12-16-6-7-18(23-8-10-25-11-9-23)19(17(16)13-15(14)2)22-20(24)26-21(3,4)5/h6-7,12-13,18-19H,8-11H2,1-5H3,(H,22,24)/t18-,19-/m0/s1. The molecule has 0 saturated carbocycles. The molecule has 1 aliphatic heterocycles. The van der Waals surface area contributed by atoms with Gasteiger partial charge in [0.25, 0.3) is 0 Å². The number of carbonyl (C=O) groups is 1. The van der Waals surface area contributed by atoms with Gasteiger partial charge in [0.1, 0.15) is 5.60 Å². The minimum absolute atomic E-state index is 0.0982. The van der Waals surface area contributed by atoms with Gasteiger partial charge in [-0.2, -0.15) is 0 Å². The van der Waals surface area contributed by atoms with Gasteiger partial charge in [-0.25, -0.2) is 4.79 Å². The van der Waals surface area contributed by atoms with Crippen LogP contribution in [0.15, 0.2) is 18.2 Å². The third-order valence-electron chi connectivity index (χ3n) is 4.99. The zero-order valence-corrected chi connectivity index (χ0v) is 16.5. The molecule has 2 aliphatic rings. The van der Waals surface area contributed by atoms with Crippen LogP contribution in [0.2, 0.25) is 0 Å². The summed E-state index contributed by atoms with van der Waals surface area (Å²) >= 11 is 0.